The average molecular weight is 274 g/mol. The maximum absolute atomic E-state index is 8.59. The third-order valence-electron chi connectivity index (χ3n) is 2.06. The van der Waals surface area contributed by atoms with Crippen molar-refractivity contribution in [3.63, 3.8) is 0 Å². The van der Waals surface area contributed by atoms with Gasteiger partial charge >= 0.3 is 0 Å². The zero-order chi connectivity index (χ0) is 11.4. The number of benzene rings is 1. The van der Waals surface area contributed by atoms with E-state index >= 15 is 0 Å². The van der Waals surface area contributed by atoms with Crippen molar-refractivity contribution in [1.82, 2.24) is 9.97 Å². The Bertz CT molecular complexity index is 546. The SMILES string of the molecule is N#CCc1nccc(-c2cccc(Br)c2)n1. The van der Waals surface area contributed by atoms with Gasteiger partial charge < -0.3 is 0 Å². The zero-order valence-corrected chi connectivity index (χ0v) is 9.98. The highest BCUT2D eigenvalue weighted by Gasteiger charge is 2.02. The summed E-state index contributed by atoms with van der Waals surface area (Å²) in [7, 11) is 0. The number of aromatic nitrogens is 2. The maximum Gasteiger partial charge on any atom is 0.142 e. The lowest BCUT2D eigenvalue weighted by Crippen LogP contribution is -1.94. The lowest BCUT2D eigenvalue weighted by Gasteiger charge is -2.02. The molecule has 0 fully saturated rings. The Balaban J connectivity index is 2.41. The standard InChI is InChI=1S/C12H8BrN3/c13-10-3-1-2-9(8-10)11-5-7-15-12(16-11)4-6-14/h1-3,5,7-8H,4H2. The van der Waals surface area contributed by atoms with E-state index in [-0.39, 0.29) is 6.42 Å². The molecule has 0 aliphatic carbocycles. The summed E-state index contributed by atoms with van der Waals surface area (Å²) >= 11 is 3.41. The Kier molecular flexibility index (Phi) is 3.28. The first-order chi connectivity index (χ1) is 7.79. The molecule has 3 nitrogen and oxygen atoms in total. The van der Waals surface area contributed by atoms with E-state index in [9.17, 15) is 0 Å². The summed E-state index contributed by atoms with van der Waals surface area (Å²) in [6.45, 7) is 0. The maximum atomic E-state index is 8.59. The summed E-state index contributed by atoms with van der Waals surface area (Å²) in [6.07, 6.45) is 1.91. The Labute approximate surface area is 102 Å². The van der Waals surface area contributed by atoms with Crippen LogP contribution in [0.1, 0.15) is 5.82 Å². The van der Waals surface area contributed by atoms with Gasteiger partial charge in [0.1, 0.15) is 5.82 Å². The minimum Gasteiger partial charge on any atom is -0.240 e. The van der Waals surface area contributed by atoms with Crippen molar-refractivity contribution in [3.05, 3.63) is 46.8 Å². The van der Waals surface area contributed by atoms with Crippen LogP contribution in [0.5, 0.6) is 0 Å². The van der Waals surface area contributed by atoms with Crippen molar-refractivity contribution < 1.29 is 0 Å². The zero-order valence-electron chi connectivity index (χ0n) is 8.39. The topological polar surface area (TPSA) is 49.6 Å². The summed E-state index contributed by atoms with van der Waals surface area (Å²) in [5.41, 5.74) is 1.84. The Morgan fingerprint density at radius 2 is 2.19 bits per heavy atom. The molecular weight excluding hydrogens is 266 g/mol. The second kappa shape index (κ2) is 4.86. The van der Waals surface area contributed by atoms with E-state index in [1.807, 2.05) is 36.4 Å². The van der Waals surface area contributed by atoms with E-state index in [1.54, 1.807) is 6.20 Å². The first-order valence-corrected chi connectivity index (χ1v) is 5.54. The van der Waals surface area contributed by atoms with E-state index in [2.05, 4.69) is 25.9 Å². The van der Waals surface area contributed by atoms with Crippen molar-refractivity contribution in [2.45, 2.75) is 6.42 Å². The molecule has 0 bridgehead atoms. The van der Waals surface area contributed by atoms with E-state index in [4.69, 9.17) is 5.26 Å². The van der Waals surface area contributed by atoms with Crippen LogP contribution in [0.2, 0.25) is 0 Å². The predicted molar refractivity (Wildman–Crippen MR) is 64.5 cm³/mol. The molecule has 0 saturated heterocycles. The van der Waals surface area contributed by atoms with Gasteiger partial charge in [0.2, 0.25) is 0 Å². The van der Waals surface area contributed by atoms with Gasteiger partial charge in [0.05, 0.1) is 18.2 Å². The molecule has 0 N–H and O–H groups in total. The van der Waals surface area contributed by atoms with E-state index in [0.717, 1.165) is 15.7 Å². The highest BCUT2D eigenvalue weighted by molar-refractivity contribution is 9.10. The molecule has 0 atom stereocenters. The Morgan fingerprint density at radius 1 is 1.31 bits per heavy atom. The third-order valence-corrected chi connectivity index (χ3v) is 2.56. The number of halogens is 1. The summed E-state index contributed by atoms with van der Waals surface area (Å²) in [5, 5.41) is 8.59. The second-order valence-corrected chi connectivity index (χ2v) is 4.12. The number of hydrogen-bond donors (Lipinski definition) is 0. The summed E-state index contributed by atoms with van der Waals surface area (Å²) < 4.78 is 1.01. The van der Waals surface area contributed by atoms with Crippen molar-refractivity contribution >= 4 is 15.9 Å². The lowest BCUT2D eigenvalue weighted by atomic mass is 10.1. The molecule has 2 rings (SSSR count). The van der Waals surface area contributed by atoms with E-state index in [0.29, 0.717) is 5.82 Å². The van der Waals surface area contributed by atoms with Gasteiger partial charge in [0.15, 0.2) is 0 Å². The molecule has 0 amide bonds. The van der Waals surface area contributed by atoms with Gasteiger partial charge in [0.25, 0.3) is 0 Å². The normalized spacial score (nSPS) is 9.75. The van der Waals surface area contributed by atoms with Gasteiger partial charge in [0, 0.05) is 16.2 Å². The van der Waals surface area contributed by atoms with Crippen LogP contribution in [0.4, 0.5) is 0 Å². The molecule has 0 aliphatic heterocycles. The van der Waals surface area contributed by atoms with Gasteiger partial charge in [-0.15, -0.1) is 0 Å². The van der Waals surface area contributed by atoms with Gasteiger partial charge in [-0.1, -0.05) is 28.1 Å². The quantitative estimate of drug-likeness (QED) is 0.845. The average Bonchev–Trinajstić information content (AvgIpc) is 2.30. The van der Waals surface area contributed by atoms with Crippen LogP contribution in [0.3, 0.4) is 0 Å². The van der Waals surface area contributed by atoms with Crippen molar-refractivity contribution in [3.8, 4) is 17.3 Å². The fourth-order valence-electron chi connectivity index (χ4n) is 1.36. The second-order valence-electron chi connectivity index (χ2n) is 3.20. The van der Waals surface area contributed by atoms with Gasteiger partial charge in [-0.3, -0.25) is 0 Å². The molecule has 0 radical (unpaired) electrons. The van der Waals surface area contributed by atoms with Crippen LogP contribution >= 0.6 is 15.9 Å². The molecule has 1 aromatic carbocycles. The number of nitriles is 1. The predicted octanol–water partition coefficient (Wildman–Crippen LogP) is 2.97. The van der Waals surface area contributed by atoms with Crippen molar-refractivity contribution in [2.75, 3.05) is 0 Å². The summed E-state index contributed by atoms with van der Waals surface area (Å²) in [6, 6.07) is 11.7. The molecule has 1 aromatic heterocycles. The van der Waals surface area contributed by atoms with Gasteiger partial charge in [-0.2, -0.15) is 5.26 Å². The van der Waals surface area contributed by atoms with Crippen LogP contribution < -0.4 is 0 Å². The first-order valence-electron chi connectivity index (χ1n) is 4.74. The first kappa shape index (κ1) is 10.8. The molecule has 0 unspecified atom stereocenters. The van der Waals surface area contributed by atoms with Crippen LogP contribution in [-0.4, -0.2) is 9.97 Å². The van der Waals surface area contributed by atoms with Crippen molar-refractivity contribution in [2.24, 2.45) is 0 Å². The van der Waals surface area contributed by atoms with Crippen LogP contribution in [0, 0.1) is 11.3 Å². The lowest BCUT2D eigenvalue weighted by molar-refractivity contribution is 0.999. The third kappa shape index (κ3) is 2.44. The molecule has 1 heterocycles. The number of rotatable bonds is 2. The van der Waals surface area contributed by atoms with E-state index in [1.165, 1.54) is 0 Å². The molecule has 78 valence electrons. The summed E-state index contributed by atoms with van der Waals surface area (Å²) in [5.74, 6) is 0.556. The van der Waals surface area contributed by atoms with E-state index < -0.39 is 0 Å². The molecule has 0 aliphatic rings. The molecule has 16 heavy (non-hydrogen) atoms. The smallest absolute Gasteiger partial charge is 0.142 e. The monoisotopic (exact) mass is 273 g/mol. The van der Waals surface area contributed by atoms with Crippen molar-refractivity contribution in [1.29, 1.82) is 5.26 Å². The Morgan fingerprint density at radius 3 is 2.94 bits per heavy atom. The molecule has 0 spiro atoms. The highest BCUT2D eigenvalue weighted by Crippen LogP contribution is 2.20. The molecule has 2 aromatic rings. The molecule has 4 heteroatoms. The minimum atomic E-state index is 0.238. The largest absolute Gasteiger partial charge is 0.240 e. The van der Waals surface area contributed by atoms with Crippen LogP contribution in [0.15, 0.2) is 41.0 Å². The van der Waals surface area contributed by atoms with Gasteiger partial charge in [-0.25, -0.2) is 9.97 Å². The fraction of sp³-hybridized carbons (Fsp3) is 0.0833. The molecular formula is C12H8BrN3. The number of hydrogen-bond acceptors (Lipinski definition) is 3. The van der Waals surface area contributed by atoms with Gasteiger partial charge in [-0.05, 0) is 18.2 Å². The molecule has 0 saturated carbocycles. The summed E-state index contributed by atoms with van der Waals surface area (Å²) in [4.78, 5) is 8.35. The number of nitrogens with zero attached hydrogens (tertiary/aromatic N) is 3. The highest BCUT2D eigenvalue weighted by atomic mass is 79.9. The van der Waals surface area contributed by atoms with Crippen LogP contribution in [-0.2, 0) is 6.42 Å². The fourth-order valence-corrected chi connectivity index (χ4v) is 1.76. The minimum absolute atomic E-state index is 0.238. The van der Waals surface area contributed by atoms with Crippen LogP contribution in [0.25, 0.3) is 11.3 Å². The Hall–Kier alpha value is -1.73.